The molecule has 0 aliphatic heterocycles. The normalized spacial score (nSPS) is 11.5. The summed E-state index contributed by atoms with van der Waals surface area (Å²) >= 11 is 0. The zero-order valence-corrected chi connectivity index (χ0v) is 18.4. The van der Waals surface area contributed by atoms with Crippen LogP contribution in [-0.4, -0.2) is 16.9 Å². The van der Waals surface area contributed by atoms with Gasteiger partial charge in [0.25, 0.3) is 5.91 Å². The average Bonchev–Trinajstić information content (AvgIpc) is 2.85. The van der Waals surface area contributed by atoms with Crippen LogP contribution >= 0.6 is 0 Å². The van der Waals surface area contributed by atoms with Crippen LogP contribution < -0.4 is 15.8 Å². The van der Waals surface area contributed by atoms with E-state index in [1.165, 1.54) is 12.3 Å². The van der Waals surface area contributed by atoms with Crippen LogP contribution in [0.4, 0.5) is 10.1 Å². The van der Waals surface area contributed by atoms with Crippen LogP contribution in [0.2, 0.25) is 0 Å². The van der Waals surface area contributed by atoms with E-state index >= 15 is 0 Å². The summed E-state index contributed by atoms with van der Waals surface area (Å²) in [5.41, 5.74) is 9.04. The molecule has 170 valence electrons. The van der Waals surface area contributed by atoms with Crippen molar-refractivity contribution in [2.45, 2.75) is 13.0 Å². The van der Waals surface area contributed by atoms with Crippen LogP contribution in [0.15, 0.2) is 91.3 Å². The number of nitrogens with zero attached hydrogens (tertiary/aromatic N) is 1. The van der Waals surface area contributed by atoms with Gasteiger partial charge in [-0.2, -0.15) is 0 Å². The molecule has 3 aromatic carbocycles. The lowest BCUT2D eigenvalue weighted by Gasteiger charge is -2.16. The molecule has 1 atom stereocenters. The van der Waals surface area contributed by atoms with Gasteiger partial charge in [-0.1, -0.05) is 36.4 Å². The van der Waals surface area contributed by atoms with Gasteiger partial charge in [-0.05, 0) is 66.1 Å². The Kier molecular flexibility index (Phi) is 6.75. The smallest absolute Gasteiger partial charge is 0.343 e. The summed E-state index contributed by atoms with van der Waals surface area (Å²) in [7, 11) is 0. The number of amides is 1. The number of esters is 1. The van der Waals surface area contributed by atoms with Crippen molar-refractivity contribution in [3.8, 4) is 16.9 Å². The molecule has 4 rings (SSSR count). The molecule has 0 spiro atoms. The molecule has 3 N–H and O–H groups in total. The maximum Gasteiger partial charge on any atom is 0.343 e. The molecule has 1 heterocycles. The summed E-state index contributed by atoms with van der Waals surface area (Å²) in [6.45, 7) is 1.83. The van der Waals surface area contributed by atoms with Gasteiger partial charge in [-0.3, -0.25) is 9.78 Å². The van der Waals surface area contributed by atoms with Crippen LogP contribution in [0, 0.1) is 5.82 Å². The second-order valence-electron chi connectivity index (χ2n) is 7.68. The quantitative estimate of drug-likeness (QED) is 0.301. The number of benzene rings is 3. The van der Waals surface area contributed by atoms with Gasteiger partial charge in [0.05, 0.1) is 17.4 Å². The van der Waals surface area contributed by atoms with Gasteiger partial charge in [0.2, 0.25) is 0 Å². The highest BCUT2D eigenvalue weighted by Gasteiger charge is 2.17. The number of halogens is 1. The molecule has 0 aliphatic carbocycles. The second kappa shape index (κ2) is 10.1. The van der Waals surface area contributed by atoms with Gasteiger partial charge >= 0.3 is 5.97 Å². The molecule has 4 aromatic rings. The minimum atomic E-state index is -0.632. The summed E-state index contributed by atoms with van der Waals surface area (Å²) in [5.74, 6) is -1.18. The Bertz CT molecular complexity index is 1340. The second-order valence-corrected chi connectivity index (χ2v) is 7.68. The number of hydrogen-bond donors (Lipinski definition) is 2. The molecule has 0 fully saturated rings. The fourth-order valence-electron chi connectivity index (χ4n) is 3.48. The van der Waals surface area contributed by atoms with Crippen molar-refractivity contribution in [1.82, 2.24) is 4.98 Å². The van der Waals surface area contributed by atoms with E-state index < -0.39 is 17.7 Å². The highest BCUT2D eigenvalue weighted by atomic mass is 19.1. The number of carbonyl (C=O) groups is 2. The number of nitrogens with one attached hydrogen (secondary N) is 1. The topological polar surface area (TPSA) is 94.3 Å². The molecule has 1 aromatic heterocycles. The van der Waals surface area contributed by atoms with Crippen LogP contribution in [-0.2, 0) is 0 Å². The maximum absolute atomic E-state index is 13.9. The molecule has 34 heavy (non-hydrogen) atoms. The largest absolute Gasteiger partial charge is 0.423 e. The minimum absolute atomic E-state index is 0.0310. The first-order chi connectivity index (χ1) is 16.4. The van der Waals surface area contributed by atoms with Crippen molar-refractivity contribution >= 4 is 17.6 Å². The van der Waals surface area contributed by atoms with E-state index in [4.69, 9.17) is 10.5 Å². The van der Waals surface area contributed by atoms with E-state index in [1.54, 1.807) is 60.7 Å². The van der Waals surface area contributed by atoms with Gasteiger partial charge in [0.15, 0.2) is 5.82 Å². The average molecular weight is 455 g/mol. The molecule has 1 unspecified atom stereocenters. The number of para-hydroxylation sites is 1. The van der Waals surface area contributed by atoms with E-state index in [-0.39, 0.29) is 11.7 Å². The third-order valence-corrected chi connectivity index (χ3v) is 5.19. The number of anilines is 1. The Morgan fingerprint density at radius 1 is 0.971 bits per heavy atom. The standard InChI is InChI=1S/C27H22FN3O3/c1-17(29)22-11-10-19(26(32)31-25-12-13-30-16-24(25)28)15-23(22)18-6-5-7-20(14-18)27(33)34-21-8-3-2-4-9-21/h2-17H,29H2,1H3,(H,30,31,32). The Morgan fingerprint density at radius 3 is 2.50 bits per heavy atom. The van der Waals surface area contributed by atoms with E-state index in [0.717, 1.165) is 11.8 Å². The highest BCUT2D eigenvalue weighted by molar-refractivity contribution is 6.05. The molecule has 0 saturated heterocycles. The van der Waals surface area contributed by atoms with Gasteiger partial charge in [-0.15, -0.1) is 0 Å². The highest BCUT2D eigenvalue weighted by Crippen LogP contribution is 2.30. The van der Waals surface area contributed by atoms with Crippen molar-refractivity contribution in [2.24, 2.45) is 5.73 Å². The van der Waals surface area contributed by atoms with Crippen molar-refractivity contribution < 1.29 is 18.7 Å². The molecular weight excluding hydrogens is 433 g/mol. The van der Waals surface area contributed by atoms with Gasteiger partial charge in [0, 0.05) is 17.8 Å². The molecular formula is C27H22FN3O3. The summed E-state index contributed by atoms with van der Waals surface area (Å²) in [5, 5.41) is 2.55. The van der Waals surface area contributed by atoms with E-state index in [0.29, 0.717) is 28.0 Å². The van der Waals surface area contributed by atoms with Crippen LogP contribution in [0.5, 0.6) is 5.75 Å². The molecule has 0 saturated carbocycles. The number of carbonyl (C=O) groups excluding carboxylic acids is 2. The predicted octanol–water partition coefficient (Wildman–Crippen LogP) is 5.38. The molecule has 0 aliphatic rings. The molecule has 7 heteroatoms. The number of hydrogen-bond acceptors (Lipinski definition) is 5. The zero-order chi connectivity index (χ0) is 24.1. The predicted molar refractivity (Wildman–Crippen MR) is 128 cm³/mol. The summed E-state index contributed by atoms with van der Waals surface area (Å²) in [6.07, 6.45) is 2.42. The van der Waals surface area contributed by atoms with Gasteiger partial charge in [-0.25, -0.2) is 9.18 Å². The maximum atomic E-state index is 13.9. The Balaban J connectivity index is 1.66. The van der Waals surface area contributed by atoms with Gasteiger partial charge in [0.1, 0.15) is 5.75 Å². The Morgan fingerprint density at radius 2 is 1.76 bits per heavy atom. The lowest BCUT2D eigenvalue weighted by atomic mass is 9.92. The first-order valence-electron chi connectivity index (χ1n) is 10.6. The van der Waals surface area contributed by atoms with E-state index in [1.807, 2.05) is 19.1 Å². The molecule has 0 bridgehead atoms. The number of ether oxygens (including phenoxy) is 1. The van der Waals surface area contributed by atoms with Crippen LogP contribution in [0.3, 0.4) is 0 Å². The Labute approximate surface area is 196 Å². The lowest BCUT2D eigenvalue weighted by molar-refractivity contribution is 0.0734. The van der Waals surface area contributed by atoms with Crippen molar-refractivity contribution in [1.29, 1.82) is 0 Å². The monoisotopic (exact) mass is 455 g/mol. The van der Waals surface area contributed by atoms with Crippen molar-refractivity contribution in [3.05, 3.63) is 114 Å². The summed E-state index contributed by atoms with van der Waals surface area (Å²) in [6, 6.07) is 21.8. The number of aromatic nitrogens is 1. The third kappa shape index (κ3) is 5.16. The fraction of sp³-hybridized carbons (Fsp3) is 0.0741. The van der Waals surface area contributed by atoms with E-state index in [2.05, 4.69) is 10.3 Å². The van der Waals surface area contributed by atoms with Crippen molar-refractivity contribution in [3.63, 3.8) is 0 Å². The number of nitrogens with two attached hydrogens (primary N) is 1. The Hall–Kier alpha value is -4.36. The minimum Gasteiger partial charge on any atom is -0.423 e. The molecule has 6 nitrogen and oxygen atoms in total. The SMILES string of the molecule is CC(N)c1ccc(C(=O)Nc2ccncc2F)cc1-c1cccc(C(=O)Oc2ccccc2)c1. The first kappa shape index (κ1) is 22.8. The van der Waals surface area contributed by atoms with E-state index in [9.17, 15) is 14.0 Å². The number of rotatable bonds is 6. The van der Waals surface area contributed by atoms with Crippen molar-refractivity contribution in [2.75, 3.05) is 5.32 Å². The lowest BCUT2D eigenvalue weighted by Crippen LogP contribution is -2.14. The summed E-state index contributed by atoms with van der Waals surface area (Å²) in [4.78, 5) is 29.2. The molecule has 1 amide bonds. The third-order valence-electron chi connectivity index (χ3n) is 5.19. The molecule has 0 radical (unpaired) electrons. The van der Waals surface area contributed by atoms with Crippen LogP contribution in [0.25, 0.3) is 11.1 Å². The fourth-order valence-corrected chi connectivity index (χ4v) is 3.48. The number of pyridine rings is 1. The van der Waals surface area contributed by atoms with Gasteiger partial charge < -0.3 is 15.8 Å². The summed E-state index contributed by atoms with van der Waals surface area (Å²) < 4.78 is 19.4. The zero-order valence-electron chi connectivity index (χ0n) is 18.4. The van der Waals surface area contributed by atoms with Crippen LogP contribution in [0.1, 0.15) is 39.2 Å². The first-order valence-corrected chi connectivity index (χ1v) is 10.6.